The van der Waals surface area contributed by atoms with Gasteiger partial charge < -0.3 is 10.6 Å². The maximum atomic E-state index is 12.0. The van der Waals surface area contributed by atoms with E-state index in [9.17, 15) is 9.59 Å². The molecule has 2 heterocycles. The van der Waals surface area contributed by atoms with E-state index in [0.717, 1.165) is 4.68 Å². The van der Waals surface area contributed by atoms with E-state index in [1.807, 2.05) is 0 Å². The van der Waals surface area contributed by atoms with E-state index in [4.69, 9.17) is 18.0 Å². The Morgan fingerprint density at radius 3 is 2.95 bits per heavy atom. The molecule has 2 N–H and O–H groups in total. The van der Waals surface area contributed by atoms with E-state index < -0.39 is 0 Å². The molecule has 0 atom stereocenters. The maximum absolute atomic E-state index is 12.0. The summed E-state index contributed by atoms with van der Waals surface area (Å²) >= 11 is 4.76. The summed E-state index contributed by atoms with van der Waals surface area (Å²) < 4.78 is 2.44. The highest BCUT2D eigenvalue weighted by molar-refractivity contribution is 7.80. The van der Waals surface area contributed by atoms with E-state index in [1.54, 1.807) is 7.05 Å². The zero-order valence-electron chi connectivity index (χ0n) is 10.9. The lowest BCUT2D eigenvalue weighted by Crippen LogP contribution is -2.35. The molecule has 0 saturated carbocycles. The van der Waals surface area contributed by atoms with Crippen molar-refractivity contribution in [3.8, 4) is 0 Å². The molecule has 2 aromatic heterocycles. The Labute approximate surface area is 119 Å². The smallest absolute Gasteiger partial charge is 0.350 e. The Kier molecular flexibility index (Phi) is 4.08. The average Bonchev–Trinajstić information content (AvgIpc) is 2.73. The Balaban J connectivity index is 2.12. The van der Waals surface area contributed by atoms with Crippen LogP contribution in [-0.2, 0) is 11.3 Å². The molecular weight excluding hydrogens is 280 g/mol. The summed E-state index contributed by atoms with van der Waals surface area (Å²) in [6.07, 6.45) is 4.89. The van der Waals surface area contributed by atoms with Gasteiger partial charge in [0, 0.05) is 32.4 Å². The molecular formula is C11H14N6O2S. The van der Waals surface area contributed by atoms with Crippen LogP contribution < -0.4 is 11.4 Å². The number of aromatic nitrogens is 4. The highest BCUT2D eigenvalue weighted by atomic mass is 32.1. The van der Waals surface area contributed by atoms with E-state index in [-0.39, 0.29) is 18.1 Å². The van der Waals surface area contributed by atoms with Crippen molar-refractivity contribution in [2.45, 2.75) is 13.0 Å². The topological polar surface area (TPSA) is 98.5 Å². The van der Waals surface area contributed by atoms with Gasteiger partial charge in [-0.3, -0.25) is 9.78 Å². The molecule has 0 aromatic carbocycles. The second-order valence-electron chi connectivity index (χ2n) is 4.28. The number of carbonyl (C=O) groups is 1. The first kappa shape index (κ1) is 14.1. The largest absolute Gasteiger partial charge is 0.393 e. The van der Waals surface area contributed by atoms with Crippen LogP contribution in [-0.4, -0.2) is 48.6 Å². The first-order chi connectivity index (χ1) is 9.49. The Morgan fingerprint density at radius 2 is 2.30 bits per heavy atom. The van der Waals surface area contributed by atoms with Crippen molar-refractivity contribution in [2.24, 2.45) is 5.73 Å². The van der Waals surface area contributed by atoms with Gasteiger partial charge in [0.2, 0.25) is 5.91 Å². The first-order valence-corrected chi connectivity index (χ1v) is 6.31. The number of hydrogen-bond donors (Lipinski definition) is 1. The number of hydrogen-bond acceptors (Lipinski definition) is 5. The molecule has 8 nitrogen and oxygen atoms in total. The summed E-state index contributed by atoms with van der Waals surface area (Å²) in [6, 6.07) is 0. The van der Waals surface area contributed by atoms with Gasteiger partial charge in [0.1, 0.15) is 6.54 Å². The van der Waals surface area contributed by atoms with Crippen molar-refractivity contribution in [3.63, 3.8) is 0 Å². The van der Waals surface area contributed by atoms with Gasteiger partial charge in [-0.15, -0.1) is 5.10 Å². The molecule has 1 amide bonds. The summed E-state index contributed by atoms with van der Waals surface area (Å²) in [6.45, 7) is 0.284. The predicted molar refractivity (Wildman–Crippen MR) is 76.3 cm³/mol. The van der Waals surface area contributed by atoms with Gasteiger partial charge in [-0.25, -0.2) is 13.9 Å². The van der Waals surface area contributed by atoms with Crippen LogP contribution >= 0.6 is 12.2 Å². The van der Waals surface area contributed by atoms with E-state index in [0.29, 0.717) is 23.6 Å². The Morgan fingerprint density at radius 1 is 1.55 bits per heavy atom. The molecule has 0 saturated heterocycles. The van der Waals surface area contributed by atoms with Gasteiger partial charge >= 0.3 is 5.69 Å². The third-order valence-electron chi connectivity index (χ3n) is 2.79. The molecule has 9 heteroatoms. The fourth-order valence-corrected chi connectivity index (χ4v) is 1.73. The van der Waals surface area contributed by atoms with Gasteiger partial charge in [0.25, 0.3) is 0 Å². The molecule has 0 aliphatic rings. The SMILES string of the molecule is CN(CCC(N)=S)C(=O)Cn1nc2cnccn2c1=O. The number of thiocarbonyl (C=S) groups is 1. The van der Waals surface area contributed by atoms with Crippen molar-refractivity contribution in [3.05, 3.63) is 29.1 Å². The van der Waals surface area contributed by atoms with Crippen LogP contribution in [0.25, 0.3) is 5.65 Å². The Bertz CT molecular complexity index is 706. The predicted octanol–water partition coefficient (Wildman–Crippen LogP) is -0.974. The quantitative estimate of drug-likeness (QED) is 0.712. The van der Waals surface area contributed by atoms with Gasteiger partial charge in [-0.2, -0.15) is 0 Å². The molecule has 2 aromatic rings. The summed E-state index contributed by atoms with van der Waals surface area (Å²) in [5.41, 5.74) is 5.41. The second-order valence-corrected chi connectivity index (χ2v) is 4.80. The van der Waals surface area contributed by atoms with Crippen molar-refractivity contribution in [1.82, 2.24) is 24.1 Å². The van der Waals surface area contributed by atoms with Gasteiger partial charge in [-0.05, 0) is 0 Å². The summed E-state index contributed by atoms with van der Waals surface area (Å²) in [5, 5.41) is 4.04. The van der Waals surface area contributed by atoms with Crippen LogP contribution in [0.1, 0.15) is 6.42 Å². The minimum absolute atomic E-state index is 0.131. The molecule has 0 spiro atoms. The van der Waals surface area contributed by atoms with Crippen LogP contribution in [0.15, 0.2) is 23.4 Å². The number of nitrogens with zero attached hydrogens (tertiary/aromatic N) is 5. The van der Waals surface area contributed by atoms with Crippen LogP contribution in [0.3, 0.4) is 0 Å². The van der Waals surface area contributed by atoms with Gasteiger partial charge in [-0.1, -0.05) is 12.2 Å². The molecule has 2 rings (SSSR count). The normalized spacial score (nSPS) is 10.7. The molecule has 0 radical (unpaired) electrons. The number of fused-ring (bicyclic) bond motifs is 1. The van der Waals surface area contributed by atoms with Crippen molar-refractivity contribution in [2.75, 3.05) is 13.6 Å². The number of rotatable bonds is 5. The summed E-state index contributed by atoms with van der Waals surface area (Å²) in [7, 11) is 1.63. The minimum Gasteiger partial charge on any atom is -0.393 e. The fourth-order valence-electron chi connectivity index (χ4n) is 1.63. The lowest BCUT2D eigenvalue weighted by atomic mass is 10.4. The number of carbonyl (C=O) groups excluding carboxylic acids is 1. The van der Waals surface area contributed by atoms with Gasteiger partial charge in [0.15, 0.2) is 5.65 Å². The van der Waals surface area contributed by atoms with Crippen molar-refractivity contribution >= 4 is 28.8 Å². The first-order valence-electron chi connectivity index (χ1n) is 5.90. The highest BCUT2D eigenvalue weighted by Gasteiger charge is 2.14. The monoisotopic (exact) mass is 294 g/mol. The summed E-state index contributed by atoms with van der Waals surface area (Å²) in [4.78, 5) is 29.6. The number of nitrogens with two attached hydrogens (primary N) is 1. The van der Waals surface area contributed by atoms with Crippen molar-refractivity contribution in [1.29, 1.82) is 0 Å². The molecule has 0 unspecified atom stereocenters. The zero-order valence-corrected chi connectivity index (χ0v) is 11.7. The van der Waals surface area contributed by atoms with Gasteiger partial charge in [0.05, 0.1) is 11.2 Å². The van der Waals surface area contributed by atoms with E-state index in [2.05, 4.69) is 10.1 Å². The van der Waals surface area contributed by atoms with Crippen LogP contribution in [0.2, 0.25) is 0 Å². The van der Waals surface area contributed by atoms with Crippen LogP contribution in [0.4, 0.5) is 0 Å². The van der Waals surface area contributed by atoms with E-state index in [1.165, 1.54) is 27.9 Å². The fraction of sp³-hybridized carbons (Fsp3) is 0.364. The molecule has 0 aliphatic heterocycles. The molecule has 0 aliphatic carbocycles. The lowest BCUT2D eigenvalue weighted by Gasteiger charge is -2.16. The Hall–Kier alpha value is -2.29. The van der Waals surface area contributed by atoms with E-state index >= 15 is 0 Å². The second kappa shape index (κ2) is 5.78. The molecule has 0 fully saturated rings. The minimum atomic E-state index is -0.376. The lowest BCUT2D eigenvalue weighted by molar-refractivity contribution is -0.130. The third kappa shape index (κ3) is 2.99. The van der Waals surface area contributed by atoms with Crippen LogP contribution in [0, 0.1) is 0 Å². The maximum Gasteiger partial charge on any atom is 0.350 e. The average molecular weight is 294 g/mol. The van der Waals surface area contributed by atoms with Crippen molar-refractivity contribution < 1.29 is 4.79 Å². The highest BCUT2D eigenvalue weighted by Crippen LogP contribution is 1.95. The zero-order chi connectivity index (χ0) is 14.7. The molecule has 0 bridgehead atoms. The molecule has 106 valence electrons. The van der Waals surface area contributed by atoms with Crippen LogP contribution in [0.5, 0.6) is 0 Å². The number of amides is 1. The standard InChI is InChI=1S/C11H14N6O2S/c1-15(4-2-8(12)20)10(18)7-17-11(19)16-5-3-13-6-9(16)14-17/h3,5-6H,2,4,7H2,1H3,(H2,12,20). The molecule has 20 heavy (non-hydrogen) atoms. The third-order valence-corrected chi connectivity index (χ3v) is 3.00. The number of likely N-dealkylation sites (N-methyl/N-ethyl adjacent to an activating group) is 1. The summed E-state index contributed by atoms with van der Waals surface area (Å²) in [5.74, 6) is -0.236.